The maximum atomic E-state index is 6.19. The Morgan fingerprint density at radius 2 is 1.72 bits per heavy atom. The summed E-state index contributed by atoms with van der Waals surface area (Å²) >= 11 is 13.8. The zero-order valence-corrected chi connectivity index (χ0v) is 12.6. The molecule has 96 valence electrons. The molecule has 4 heteroatoms. The maximum absolute atomic E-state index is 6.19. The minimum atomic E-state index is 0.203. The minimum absolute atomic E-state index is 0.203. The number of benzene rings is 1. The summed E-state index contributed by atoms with van der Waals surface area (Å²) in [6, 6.07) is 12.4. The van der Waals surface area contributed by atoms with Gasteiger partial charge in [0.2, 0.25) is 0 Å². The third kappa shape index (κ3) is 3.27. The lowest BCUT2D eigenvalue weighted by atomic mass is 10.1. The second-order valence-corrected chi connectivity index (χ2v) is 6.43. The summed E-state index contributed by atoms with van der Waals surface area (Å²) in [7, 11) is 0. The molecule has 0 fully saturated rings. The van der Waals surface area contributed by atoms with Crippen molar-refractivity contribution in [3.05, 3.63) is 56.2 Å². The fourth-order valence-corrected chi connectivity index (χ4v) is 3.31. The van der Waals surface area contributed by atoms with Crippen LogP contribution >= 0.6 is 34.5 Å². The first-order valence-electron chi connectivity index (χ1n) is 5.83. The Labute approximate surface area is 122 Å². The highest BCUT2D eigenvalue weighted by Crippen LogP contribution is 2.29. The molecule has 1 aromatic carbocycles. The Hall–Kier alpha value is -0.540. The standard InChI is InChI=1S/C14H15Cl2NS/c1-9(11-5-3-4-6-12(11)15)17-10(2)13-7-8-14(16)18-13/h3-10,17H,1-2H3/t9-,10?/m0/s1. The topological polar surface area (TPSA) is 12.0 Å². The lowest BCUT2D eigenvalue weighted by molar-refractivity contribution is 0.500. The Kier molecular flexibility index (Phi) is 4.68. The lowest BCUT2D eigenvalue weighted by Gasteiger charge is -2.20. The molecule has 0 radical (unpaired) electrons. The van der Waals surface area contributed by atoms with E-state index < -0.39 is 0 Å². The highest BCUT2D eigenvalue weighted by molar-refractivity contribution is 7.16. The van der Waals surface area contributed by atoms with Gasteiger partial charge in [0.05, 0.1) is 4.34 Å². The number of rotatable bonds is 4. The van der Waals surface area contributed by atoms with Crippen LogP contribution in [0.15, 0.2) is 36.4 Å². The average molecular weight is 300 g/mol. The van der Waals surface area contributed by atoms with E-state index in [1.807, 2.05) is 30.3 Å². The molecule has 0 aliphatic carbocycles. The number of halogens is 2. The summed E-state index contributed by atoms with van der Waals surface area (Å²) in [6.45, 7) is 4.25. The van der Waals surface area contributed by atoms with E-state index in [9.17, 15) is 0 Å². The first-order chi connectivity index (χ1) is 8.58. The van der Waals surface area contributed by atoms with E-state index in [0.717, 1.165) is 14.9 Å². The average Bonchev–Trinajstić information content (AvgIpc) is 2.76. The van der Waals surface area contributed by atoms with E-state index in [0.29, 0.717) is 0 Å². The van der Waals surface area contributed by atoms with Crippen molar-refractivity contribution >= 4 is 34.5 Å². The molecule has 18 heavy (non-hydrogen) atoms. The van der Waals surface area contributed by atoms with Crippen LogP contribution in [0, 0.1) is 0 Å². The molecule has 1 N–H and O–H groups in total. The van der Waals surface area contributed by atoms with Crippen LogP contribution in [-0.4, -0.2) is 0 Å². The molecular formula is C14H15Cl2NS. The Balaban J connectivity index is 2.08. The quantitative estimate of drug-likeness (QED) is 0.789. The van der Waals surface area contributed by atoms with Crippen molar-refractivity contribution in [3.63, 3.8) is 0 Å². The van der Waals surface area contributed by atoms with Crippen LogP contribution in [0.2, 0.25) is 9.36 Å². The molecule has 2 rings (SSSR count). The molecular weight excluding hydrogens is 285 g/mol. The third-order valence-electron chi connectivity index (χ3n) is 2.89. The summed E-state index contributed by atoms with van der Waals surface area (Å²) in [6.07, 6.45) is 0. The van der Waals surface area contributed by atoms with E-state index in [1.54, 1.807) is 11.3 Å². The van der Waals surface area contributed by atoms with Crippen molar-refractivity contribution in [3.8, 4) is 0 Å². The molecule has 1 nitrogen and oxygen atoms in total. The van der Waals surface area contributed by atoms with Gasteiger partial charge in [0, 0.05) is 22.0 Å². The van der Waals surface area contributed by atoms with Gasteiger partial charge in [-0.05, 0) is 37.6 Å². The molecule has 0 saturated heterocycles. The Bertz CT molecular complexity index is 524. The van der Waals surface area contributed by atoms with Crippen LogP contribution in [-0.2, 0) is 0 Å². The van der Waals surface area contributed by atoms with Crippen LogP contribution in [0.25, 0.3) is 0 Å². The zero-order valence-electron chi connectivity index (χ0n) is 10.3. The van der Waals surface area contributed by atoms with Crippen molar-refractivity contribution in [2.75, 3.05) is 0 Å². The van der Waals surface area contributed by atoms with E-state index in [4.69, 9.17) is 23.2 Å². The first-order valence-corrected chi connectivity index (χ1v) is 7.41. The molecule has 0 amide bonds. The van der Waals surface area contributed by atoms with E-state index >= 15 is 0 Å². The van der Waals surface area contributed by atoms with Gasteiger partial charge >= 0.3 is 0 Å². The van der Waals surface area contributed by atoms with Crippen molar-refractivity contribution < 1.29 is 0 Å². The van der Waals surface area contributed by atoms with Gasteiger partial charge in [-0.2, -0.15) is 0 Å². The number of nitrogens with one attached hydrogen (secondary N) is 1. The lowest BCUT2D eigenvalue weighted by Crippen LogP contribution is -2.22. The van der Waals surface area contributed by atoms with E-state index in [1.165, 1.54) is 4.88 Å². The van der Waals surface area contributed by atoms with Crippen LogP contribution in [0.3, 0.4) is 0 Å². The Morgan fingerprint density at radius 3 is 2.33 bits per heavy atom. The predicted molar refractivity (Wildman–Crippen MR) is 80.7 cm³/mol. The summed E-state index contributed by atoms with van der Waals surface area (Å²) in [5.74, 6) is 0. The summed E-state index contributed by atoms with van der Waals surface area (Å²) in [5, 5.41) is 4.33. The normalized spacial score (nSPS) is 14.4. The van der Waals surface area contributed by atoms with E-state index in [-0.39, 0.29) is 12.1 Å². The van der Waals surface area contributed by atoms with Crippen molar-refractivity contribution in [2.45, 2.75) is 25.9 Å². The van der Waals surface area contributed by atoms with Crippen LogP contribution in [0.4, 0.5) is 0 Å². The molecule has 0 aliphatic rings. The van der Waals surface area contributed by atoms with E-state index in [2.05, 4.69) is 25.2 Å². The fourth-order valence-electron chi connectivity index (χ4n) is 1.93. The van der Waals surface area contributed by atoms with Gasteiger partial charge in [-0.3, -0.25) is 0 Å². The van der Waals surface area contributed by atoms with Crippen LogP contribution in [0.5, 0.6) is 0 Å². The maximum Gasteiger partial charge on any atom is 0.0931 e. The predicted octanol–water partition coefficient (Wildman–Crippen LogP) is 5.47. The van der Waals surface area contributed by atoms with Crippen LogP contribution < -0.4 is 5.32 Å². The number of hydrogen-bond donors (Lipinski definition) is 1. The molecule has 0 spiro atoms. The monoisotopic (exact) mass is 299 g/mol. The first kappa shape index (κ1) is 13.9. The zero-order chi connectivity index (χ0) is 13.1. The summed E-state index contributed by atoms with van der Waals surface area (Å²) in [4.78, 5) is 1.24. The van der Waals surface area contributed by atoms with Crippen LogP contribution in [0.1, 0.15) is 36.4 Å². The SMILES string of the molecule is CC(N[C@@H](C)c1ccccc1Cl)c1ccc(Cl)s1. The molecule has 1 unspecified atom stereocenters. The van der Waals surface area contributed by atoms with Gasteiger partial charge in [-0.1, -0.05) is 41.4 Å². The molecule has 1 aromatic heterocycles. The third-order valence-corrected chi connectivity index (χ3v) is 4.65. The molecule has 1 heterocycles. The Morgan fingerprint density at radius 1 is 1.00 bits per heavy atom. The summed E-state index contributed by atoms with van der Waals surface area (Å²) in [5.41, 5.74) is 1.12. The van der Waals surface area contributed by atoms with Gasteiger partial charge in [0.15, 0.2) is 0 Å². The van der Waals surface area contributed by atoms with Gasteiger partial charge in [-0.15, -0.1) is 11.3 Å². The molecule has 2 atom stereocenters. The fraction of sp³-hybridized carbons (Fsp3) is 0.286. The van der Waals surface area contributed by atoms with Crippen molar-refractivity contribution in [1.82, 2.24) is 5.32 Å². The molecule has 2 aromatic rings. The van der Waals surface area contributed by atoms with Crippen molar-refractivity contribution in [1.29, 1.82) is 0 Å². The van der Waals surface area contributed by atoms with Gasteiger partial charge in [0.25, 0.3) is 0 Å². The largest absolute Gasteiger partial charge is 0.303 e. The smallest absolute Gasteiger partial charge is 0.0931 e. The molecule has 0 bridgehead atoms. The minimum Gasteiger partial charge on any atom is -0.303 e. The molecule has 0 saturated carbocycles. The van der Waals surface area contributed by atoms with Gasteiger partial charge in [-0.25, -0.2) is 0 Å². The highest BCUT2D eigenvalue weighted by Gasteiger charge is 2.14. The second kappa shape index (κ2) is 6.07. The highest BCUT2D eigenvalue weighted by atomic mass is 35.5. The van der Waals surface area contributed by atoms with Crippen molar-refractivity contribution in [2.24, 2.45) is 0 Å². The number of thiophene rings is 1. The number of hydrogen-bond acceptors (Lipinski definition) is 2. The van der Waals surface area contributed by atoms with Gasteiger partial charge in [0.1, 0.15) is 0 Å². The second-order valence-electron chi connectivity index (χ2n) is 4.27. The van der Waals surface area contributed by atoms with Gasteiger partial charge < -0.3 is 5.32 Å². The molecule has 0 aliphatic heterocycles. The summed E-state index contributed by atoms with van der Waals surface area (Å²) < 4.78 is 0.823.